The van der Waals surface area contributed by atoms with Crippen molar-refractivity contribution < 1.29 is 13.6 Å². The van der Waals surface area contributed by atoms with Crippen molar-refractivity contribution in [1.29, 1.82) is 0 Å². The van der Waals surface area contributed by atoms with E-state index in [2.05, 4.69) is 10.4 Å². The van der Waals surface area contributed by atoms with Crippen LogP contribution in [0, 0.1) is 5.82 Å². The standard InChI is InChI=1S/C19H19FN4O3S/c20-13-3-7-15(8-4-13)28-12-17(25)21-9-10-23-19(26)24(14-5-6-14)18(22-23)16-2-1-11-27-16/h1-4,7-8,11,14H,5-6,9-10,12H2,(H,21,25). The molecule has 0 unspecified atom stereocenters. The van der Waals surface area contributed by atoms with Gasteiger partial charge in [0.2, 0.25) is 11.7 Å². The molecular weight excluding hydrogens is 383 g/mol. The van der Waals surface area contributed by atoms with Gasteiger partial charge in [-0.05, 0) is 49.2 Å². The van der Waals surface area contributed by atoms with Gasteiger partial charge < -0.3 is 9.73 Å². The number of halogens is 1. The molecule has 1 fully saturated rings. The van der Waals surface area contributed by atoms with Crippen molar-refractivity contribution in [2.45, 2.75) is 30.3 Å². The largest absolute Gasteiger partial charge is 0.461 e. The van der Waals surface area contributed by atoms with Crippen LogP contribution in [0.2, 0.25) is 0 Å². The lowest BCUT2D eigenvalue weighted by atomic mass is 10.4. The highest BCUT2D eigenvalue weighted by Crippen LogP contribution is 2.36. The molecule has 1 saturated carbocycles. The maximum absolute atomic E-state index is 12.9. The maximum Gasteiger partial charge on any atom is 0.346 e. The second kappa shape index (κ2) is 8.05. The summed E-state index contributed by atoms with van der Waals surface area (Å²) in [6.07, 6.45) is 3.46. The van der Waals surface area contributed by atoms with Crippen molar-refractivity contribution in [2.24, 2.45) is 0 Å². The second-order valence-corrected chi connectivity index (χ2v) is 7.55. The van der Waals surface area contributed by atoms with E-state index in [9.17, 15) is 14.0 Å². The van der Waals surface area contributed by atoms with E-state index in [1.165, 1.54) is 28.6 Å². The first kappa shape index (κ1) is 18.5. The van der Waals surface area contributed by atoms with Crippen molar-refractivity contribution in [3.8, 4) is 11.6 Å². The number of aromatic nitrogens is 3. The molecule has 3 aromatic rings. The van der Waals surface area contributed by atoms with Gasteiger partial charge in [0.15, 0.2) is 5.76 Å². The number of hydrogen-bond donors (Lipinski definition) is 1. The number of hydrogen-bond acceptors (Lipinski definition) is 5. The SMILES string of the molecule is O=C(CSc1ccc(F)cc1)NCCn1nc(-c2ccco2)n(C2CC2)c1=O. The van der Waals surface area contributed by atoms with E-state index in [1.807, 2.05) is 0 Å². The van der Waals surface area contributed by atoms with E-state index in [0.717, 1.165) is 17.7 Å². The van der Waals surface area contributed by atoms with Gasteiger partial charge in [0, 0.05) is 17.5 Å². The molecule has 0 radical (unpaired) electrons. The van der Waals surface area contributed by atoms with Crippen LogP contribution in [0.5, 0.6) is 0 Å². The number of furan rings is 1. The van der Waals surface area contributed by atoms with Crippen LogP contribution in [0.4, 0.5) is 4.39 Å². The molecule has 7 nitrogen and oxygen atoms in total. The molecule has 4 rings (SSSR count). The fourth-order valence-electron chi connectivity index (χ4n) is 2.83. The minimum Gasteiger partial charge on any atom is -0.461 e. The topological polar surface area (TPSA) is 82.1 Å². The molecule has 0 aliphatic heterocycles. The van der Waals surface area contributed by atoms with Gasteiger partial charge in [0.05, 0.1) is 18.6 Å². The van der Waals surface area contributed by atoms with Gasteiger partial charge in [-0.15, -0.1) is 16.9 Å². The van der Waals surface area contributed by atoms with Crippen LogP contribution in [0.3, 0.4) is 0 Å². The molecule has 1 aliphatic rings. The highest BCUT2D eigenvalue weighted by atomic mass is 32.2. The summed E-state index contributed by atoms with van der Waals surface area (Å²) < 4.78 is 21.3. The minimum absolute atomic E-state index is 0.157. The summed E-state index contributed by atoms with van der Waals surface area (Å²) in [5.41, 5.74) is -0.191. The second-order valence-electron chi connectivity index (χ2n) is 6.50. The first-order chi connectivity index (χ1) is 13.6. The van der Waals surface area contributed by atoms with E-state index in [1.54, 1.807) is 35.1 Å². The Morgan fingerprint density at radius 2 is 2.07 bits per heavy atom. The number of nitrogens with zero attached hydrogens (tertiary/aromatic N) is 3. The molecule has 2 aromatic heterocycles. The molecule has 1 amide bonds. The number of nitrogens with one attached hydrogen (secondary N) is 1. The van der Waals surface area contributed by atoms with Crippen molar-refractivity contribution >= 4 is 17.7 Å². The van der Waals surface area contributed by atoms with Crippen LogP contribution in [0.25, 0.3) is 11.6 Å². The summed E-state index contributed by atoms with van der Waals surface area (Å²) in [7, 11) is 0. The van der Waals surface area contributed by atoms with Crippen LogP contribution in [0.1, 0.15) is 18.9 Å². The van der Waals surface area contributed by atoms with Crippen LogP contribution in [-0.2, 0) is 11.3 Å². The number of benzene rings is 1. The Bertz CT molecular complexity index is 1010. The Kier molecular flexibility index (Phi) is 5.34. The lowest BCUT2D eigenvalue weighted by Crippen LogP contribution is -2.32. The molecule has 0 bridgehead atoms. The van der Waals surface area contributed by atoms with Crippen molar-refractivity contribution in [2.75, 3.05) is 12.3 Å². The highest BCUT2D eigenvalue weighted by Gasteiger charge is 2.31. The zero-order chi connectivity index (χ0) is 19.5. The lowest BCUT2D eigenvalue weighted by Gasteiger charge is -2.05. The lowest BCUT2D eigenvalue weighted by molar-refractivity contribution is -0.118. The first-order valence-corrected chi connectivity index (χ1v) is 9.98. The van der Waals surface area contributed by atoms with E-state index in [0.29, 0.717) is 18.1 Å². The summed E-state index contributed by atoms with van der Waals surface area (Å²) in [6.45, 7) is 0.571. The van der Waals surface area contributed by atoms with Crippen LogP contribution in [-0.4, -0.2) is 32.6 Å². The van der Waals surface area contributed by atoms with Gasteiger partial charge in [-0.1, -0.05) is 0 Å². The minimum atomic E-state index is -0.307. The molecule has 146 valence electrons. The molecule has 0 spiro atoms. The Hall–Kier alpha value is -2.81. The summed E-state index contributed by atoms with van der Waals surface area (Å²) in [5.74, 6) is 0.835. The molecule has 1 aliphatic carbocycles. The van der Waals surface area contributed by atoms with Crippen molar-refractivity contribution in [1.82, 2.24) is 19.7 Å². The zero-order valence-corrected chi connectivity index (χ0v) is 15.8. The molecule has 28 heavy (non-hydrogen) atoms. The normalized spacial score (nSPS) is 13.6. The smallest absolute Gasteiger partial charge is 0.346 e. The Labute approximate surface area is 164 Å². The molecule has 1 aromatic carbocycles. The van der Waals surface area contributed by atoms with Crippen LogP contribution < -0.4 is 11.0 Å². The van der Waals surface area contributed by atoms with Gasteiger partial charge in [0.1, 0.15) is 5.82 Å². The van der Waals surface area contributed by atoms with Gasteiger partial charge in [-0.25, -0.2) is 13.9 Å². The molecular formula is C19H19FN4O3S. The fourth-order valence-corrected chi connectivity index (χ4v) is 3.56. The molecule has 2 heterocycles. The fraction of sp³-hybridized carbons (Fsp3) is 0.316. The Morgan fingerprint density at radius 3 is 2.75 bits per heavy atom. The molecule has 0 atom stereocenters. The predicted molar refractivity (Wildman–Crippen MR) is 103 cm³/mol. The highest BCUT2D eigenvalue weighted by molar-refractivity contribution is 8.00. The van der Waals surface area contributed by atoms with E-state index in [-0.39, 0.29) is 35.8 Å². The third-order valence-electron chi connectivity index (χ3n) is 4.35. The molecule has 1 N–H and O–H groups in total. The summed E-state index contributed by atoms with van der Waals surface area (Å²) >= 11 is 1.32. The Balaban J connectivity index is 1.33. The van der Waals surface area contributed by atoms with Crippen molar-refractivity contribution in [3.05, 3.63) is 59.0 Å². The van der Waals surface area contributed by atoms with Gasteiger partial charge in [0.25, 0.3) is 0 Å². The summed E-state index contributed by atoms with van der Waals surface area (Å²) in [6, 6.07) is 9.69. The summed E-state index contributed by atoms with van der Waals surface area (Å²) in [4.78, 5) is 25.5. The number of carbonyl (C=O) groups excluding carboxylic acids is 1. The predicted octanol–water partition coefficient (Wildman–Crippen LogP) is 2.69. The van der Waals surface area contributed by atoms with Crippen LogP contribution in [0.15, 0.2) is 56.8 Å². The van der Waals surface area contributed by atoms with E-state index in [4.69, 9.17) is 4.42 Å². The van der Waals surface area contributed by atoms with E-state index < -0.39 is 0 Å². The number of amides is 1. The van der Waals surface area contributed by atoms with Gasteiger partial charge >= 0.3 is 5.69 Å². The number of carbonyl (C=O) groups is 1. The van der Waals surface area contributed by atoms with Crippen LogP contribution >= 0.6 is 11.8 Å². The Morgan fingerprint density at radius 1 is 1.29 bits per heavy atom. The zero-order valence-electron chi connectivity index (χ0n) is 15.0. The number of thioether (sulfide) groups is 1. The molecule has 9 heteroatoms. The third-order valence-corrected chi connectivity index (χ3v) is 5.37. The third kappa shape index (κ3) is 4.19. The van der Waals surface area contributed by atoms with Gasteiger partial charge in [-0.2, -0.15) is 0 Å². The monoisotopic (exact) mass is 402 g/mol. The maximum atomic E-state index is 12.9. The quantitative estimate of drug-likeness (QED) is 0.586. The average molecular weight is 402 g/mol. The average Bonchev–Trinajstić information content (AvgIpc) is 3.26. The van der Waals surface area contributed by atoms with Crippen molar-refractivity contribution in [3.63, 3.8) is 0 Å². The first-order valence-electron chi connectivity index (χ1n) is 9.00. The summed E-state index contributed by atoms with van der Waals surface area (Å²) in [5, 5.41) is 7.18. The number of rotatable bonds is 8. The van der Waals surface area contributed by atoms with E-state index >= 15 is 0 Å². The molecule has 0 saturated heterocycles. The van der Waals surface area contributed by atoms with Gasteiger partial charge in [-0.3, -0.25) is 9.36 Å².